The van der Waals surface area contributed by atoms with Crippen LogP contribution in [0.5, 0.6) is 0 Å². The molecule has 24 heavy (non-hydrogen) atoms. The summed E-state index contributed by atoms with van der Waals surface area (Å²) in [5.41, 5.74) is 1.93. The average Bonchev–Trinajstić information content (AvgIpc) is 3.06. The summed E-state index contributed by atoms with van der Waals surface area (Å²) in [7, 11) is 0. The van der Waals surface area contributed by atoms with Crippen LogP contribution in [0.4, 0.5) is 0 Å². The molecule has 0 radical (unpaired) electrons. The summed E-state index contributed by atoms with van der Waals surface area (Å²) >= 11 is 0. The second-order valence-electron chi connectivity index (χ2n) is 6.51. The molecule has 120 valence electrons. The van der Waals surface area contributed by atoms with Gasteiger partial charge in [0.1, 0.15) is 0 Å². The fourth-order valence-corrected chi connectivity index (χ4v) is 3.39. The van der Waals surface area contributed by atoms with E-state index >= 15 is 0 Å². The molecule has 1 aliphatic heterocycles. The van der Waals surface area contributed by atoms with Gasteiger partial charge >= 0.3 is 5.97 Å². The Morgan fingerprint density at radius 3 is 1.88 bits per heavy atom. The third-order valence-electron chi connectivity index (χ3n) is 4.70. The van der Waals surface area contributed by atoms with E-state index in [4.69, 9.17) is 4.84 Å². The fraction of sp³-hybridized carbons (Fsp3) is 0.211. The highest BCUT2D eigenvalue weighted by atomic mass is 16.7. The summed E-state index contributed by atoms with van der Waals surface area (Å²) in [5.74, 6) is -1.75. The van der Waals surface area contributed by atoms with Crippen molar-refractivity contribution in [3.8, 4) is 0 Å². The number of carbonyl (C=O) groups is 3. The van der Waals surface area contributed by atoms with Crippen molar-refractivity contribution in [2.75, 3.05) is 0 Å². The minimum Gasteiger partial charge on any atom is -0.329 e. The molecule has 0 atom stereocenters. The maximum Gasteiger partial charge on any atom is 0.339 e. The summed E-state index contributed by atoms with van der Waals surface area (Å²) in [6.45, 7) is 1.80. The van der Waals surface area contributed by atoms with Crippen molar-refractivity contribution in [2.45, 2.75) is 19.8 Å². The van der Waals surface area contributed by atoms with Crippen molar-refractivity contribution in [3.05, 3.63) is 70.8 Å². The molecule has 1 aliphatic carbocycles. The van der Waals surface area contributed by atoms with E-state index < -0.39 is 23.2 Å². The minimum atomic E-state index is -0.779. The van der Waals surface area contributed by atoms with Crippen molar-refractivity contribution in [3.63, 3.8) is 0 Å². The molecule has 4 rings (SSSR count). The second-order valence-corrected chi connectivity index (χ2v) is 6.51. The maximum absolute atomic E-state index is 12.7. The highest BCUT2D eigenvalue weighted by Gasteiger charge is 2.45. The Morgan fingerprint density at radius 2 is 1.38 bits per heavy atom. The first-order valence-corrected chi connectivity index (χ1v) is 7.77. The quantitative estimate of drug-likeness (QED) is 0.798. The van der Waals surface area contributed by atoms with Crippen molar-refractivity contribution in [1.29, 1.82) is 0 Å². The molecule has 0 spiro atoms. The molecule has 5 heteroatoms. The predicted molar refractivity (Wildman–Crippen MR) is 85.0 cm³/mol. The molecule has 0 aromatic heterocycles. The Balaban J connectivity index is 1.56. The van der Waals surface area contributed by atoms with Crippen LogP contribution in [0, 0.1) is 5.41 Å². The van der Waals surface area contributed by atoms with E-state index in [1.807, 2.05) is 24.3 Å². The van der Waals surface area contributed by atoms with Gasteiger partial charge in [0.25, 0.3) is 11.8 Å². The number of hydroxylamine groups is 2. The first-order chi connectivity index (χ1) is 11.5. The summed E-state index contributed by atoms with van der Waals surface area (Å²) in [6, 6.07) is 14.3. The number of rotatable bonds is 2. The molecule has 0 saturated carbocycles. The molecule has 0 saturated heterocycles. The summed E-state index contributed by atoms with van der Waals surface area (Å²) in [5, 5.41) is 0.585. The third-order valence-corrected chi connectivity index (χ3v) is 4.70. The van der Waals surface area contributed by atoms with Crippen LogP contribution < -0.4 is 0 Å². The van der Waals surface area contributed by atoms with Gasteiger partial charge in [-0.15, -0.1) is 0 Å². The summed E-state index contributed by atoms with van der Waals surface area (Å²) in [6.07, 6.45) is 1.07. The molecule has 0 N–H and O–H groups in total. The number of fused-ring (bicyclic) bond motifs is 2. The lowest BCUT2D eigenvalue weighted by molar-refractivity contribution is -0.179. The van der Waals surface area contributed by atoms with Gasteiger partial charge in [0.2, 0.25) is 0 Å². The van der Waals surface area contributed by atoms with Crippen LogP contribution in [0.15, 0.2) is 48.5 Å². The lowest BCUT2D eigenvalue weighted by atomic mass is 9.87. The van der Waals surface area contributed by atoms with Crippen molar-refractivity contribution in [1.82, 2.24) is 5.06 Å². The van der Waals surface area contributed by atoms with Crippen LogP contribution in [0.3, 0.4) is 0 Å². The van der Waals surface area contributed by atoms with Gasteiger partial charge in [0, 0.05) is 0 Å². The number of nitrogens with zero attached hydrogens (tertiary/aromatic N) is 1. The molecule has 2 amide bonds. The maximum atomic E-state index is 12.7. The highest BCUT2D eigenvalue weighted by Crippen LogP contribution is 2.38. The lowest BCUT2D eigenvalue weighted by Crippen LogP contribution is -2.39. The van der Waals surface area contributed by atoms with E-state index in [1.165, 1.54) is 0 Å². The molecule has 0 fully saturated rings. The number of hydrogen-bond acceptors (Lipinski definition) is 4. The van der Waals surface area contributed by atoms with E-state index in [0.29, 0.717) is 17.9 Å². The number of amides is 2. The number of imide groups is 1. The highest BCUT2D eigenvalue weighted by molar-refractivity contribution is 6.20. The average molecular weight is 321 g/mol. The SMILES string of the molecule is CC1(C(=O)ON2C(=O)c3ccccc3C2=O)Cc2ccccc2C1. The molecule has 2 aliphatic rings. The summed E-state index contributed by atoms with van der Waals surface area (Å²) in [4.78, 5) is 42.5. The minimum absolute atomic E-state index is 0.259. The van der Waals surface area contributed by atoms with E-state index in [1.54, 1.807) is 31.2 Å². The molecule has 5 nitrogen and oxygen atoms in total. The topological polar surface area (TPSA) is 63.7 Å². The van der Waals surface area contributed by atoms with Crippen LogP contribution in [-0.4, -0.2) is 22.8 Å². The Hall–Kier alpha value is -2.95. The van der Waals surface area contributed by atoms with Crippen LogP contribution >= 0.6 is 0 Å². The van der Waals surface area contributed by atoms with Gasteiger partial charge in [0.05, 0.1) is 16.5 Å². The van der Waals surface area contributed by atoms with Gasteiger partial charge < -0.3 is 4.84 Å². The van der Waals surface area contributed by atoms with E-state index in [2.05, 4.69) is 0 Å². The van der Waals surface area contributed by atoms with Gasteiger partial charge in [-0.3, -0.25) is 9.59 Å². The zero-order valence-corrected chi connectivity index (χ0v) is 13.1. The largest absolute Gasteiger partial charge is 0.339 e. The van der Waals surface area contributed by atoms with Crippen molar-refractivity contribution in [2.24, 2.45) is 5.41 Å². The van der Waals surface area contributed by atoms with Gasteiger partial charge in [0.15, 0.2) is 0 Å². The van der Waals surface area contributed by atoms with Gasteiger partial charge in [-0.1, -0.05) is 41.5 Å². The van der Waals surface area contributed by atoms with Gasteiger partial charge in [-0.25, -0.2) is 4.79 Å². The molecule has 2 aromatic rings. The smallest absolute Gasteiger partial charge is 0.329 e. The monoisotopic (exact) mass is 321 g/mol. The van der Waals surface area contributed by atoms with Crippen molar-refractivity contribution >= 4 is 17.8 Å². The Bertz CT molecular complexity index is 826. The first-order valence-electron chi connectivity index (χ1n) is 7.77. The number of benzene rings is 2. The van der Waals surface area contributed by atoms with Crippen LogP contribution in [0.2, 0.25) is 0 Å². The normalized spacial score (nSPS) is 17.6. The standard InChI is InChI=1S/C19H15NO4/c1-19(10-12-6-2-3-7-13(12)11-19)18(23)24-20-16(21)14-8-4-5-9-15(14)17(20)22/h2-9H,10-11H2,1H3. The molecular weight excluding hydrogens is 306 g/mol. The predicted octanol–water partition coefficient (Wildman–Crippen LogP) is 2.55. The Kier molecular flexibility index (Phi) is 3.06. The first kappa shape index (κ1) is 14.6. The van der Waals surface area contributed by atoms with E-state index in [9.17, 15) is 14.4 Å². The number of hydrogen-bond donors (Lipinski definition) is 0. The van der Waals surface area contributed by atoms with E-state index in [0.717, 1.165) is 11.1 Å². The number of carbonyl (C=O) groups excluding carboxylic acids is 3. The van der Waals surface area contributed by atoms with Crippen LogP contribution in [-0.2, 0) is 22.5 Å². The van der Waals surface area contributed by atoms with Crippen molar-refractivity contribution < 1.29 is 19.2 Å². The Morgan fingerprint density at radius 1 is 0.917 bits per heavy atom. The fourth-order valence-electron chi connectivity index (χ4n) is 3.39. The Labute approximate surface area is 138 Å². The molecule has 0 unspecified atom stereocenters. The molecular formula is C19H15NO4. The van der Waals surface area contributed by atoms with Crippen LogP contribution in [0.25, 0.3) is 0 Å². The lowest BCUT2D eigenvalue weighted by Gasteiger charge is -2.23. The van der Waals surface area contributed by atoms with Gasteiger partial charge in [-0.2, -0.15) is 0 Å². The molecule has 2 aromatic carbocycles. The zero-order chi connectivity index (χ0) is 16.9. The third kappa shape index (κ3) is 2.05. The van der Waals surface area contributed by atoms with E-state index in [-0.39, 0.29) is 11.1 Å². The zero-order valence-electron chi connectivity index (χ0n) is 13.1. The van der Waals surface area contributed by atoms with Crippen LogP contribution in [0.1, 0.15) is 38.8 Å². The van der Waals surface area contributed by atoms with Gasteiger partial charge in [-0.05, 0) is 43.0 Å². The molecule has 1 heterocycles. The second kappa shape index (κ2) is 5.03. The molecule has 0 bridgehead atoms. The summed E-state index contributed by atoms with van der Waals surface area (Å²) < 4.78 is 0.